The Kier molecular flexibility index (Phi) is 16.0. The van der Waals surface area contributed by atoms with Crippen molar-refractivity contribution < 1.29 is 114 Å². The number of aliphatic carboxylic acids is 2. The lowest BCUT2D eigenvalue weighted by Crippen LogP contribution is -2.69. The minimum Gasteiger partial charge on any atom is -0.481 e. The molecule has 9 aliphatic rings. The minimum absolute atomic E-state index is 0.0147. The van der Waals surface area contributed by atoms with Crippen molar-refractivity contribution in [1.82, 2.24) is 0 Å². The summed E-state index contributed by atoms with van der Waals surface area (Å²) in [6, 6.07) is 0. The van der Waals surface area contributed by atoms with Gasteiger partial charge in [-0.05, 0) is 111 Å². The van der Waals surface area contributed by atoms with Crippen molar-refractivity contribution in [3.05, 3.63) is 11.6 Å². The molecule has 0 radical (unpaired) electrons. The molecule has 0 unspecified atom stereocenters. The normalized spacial score (nSPS) is 54.2. The maximum atomic E-state index is 13.8. The van der Waals surface area contributed by atoms with Gasteiger partial charge in [-0.15, -0.1) is 0 Å². The van der Waals surface area contributed by atoms with E-state index in [0.29, 0.717) is 32.1 Å². The molecule has 4 saturated heterocycles. The number of hydrogen-bond acceptors (Lipinski definition) is 21. The second kappa shape index (κ2) is 20.9. The zero-order chi connectivity index (χ0) is 55.6. The van der Waals surface area contributed by atoms with Gasteiger partial charge in [-0.25, -0.2) is 4.79 Å². The van der Waals surface area contributed by atoms with E-state index in [-0.39, 0.29) is 40.4 Å². The summed E-state index contributed by atoms with van der Waals surface area (Å²) in [7, 11) is 0. The number of carboxylic acids is 2. The fourth-order valence-electron chi connectivity index (χ4n) is 16.1. The molecule has 4 saturated carbocycles. The van der Waals surface area contributed by atoms with Crippen LogP contribution in [0.25, 0.3) is 0 Å². The van der Waals surface area contributed by atoms with Crippen molar-refractivity contribution in [3.8, 4) is 0 Å². The molecule has 0 aromatic heterocycles. The standard InChI is InChI=1S/C53H82O23/c1-22-30(57)32(59)34(61)44(70-22)73-38-25(56)20-69-43(36(38)63)75-40-39(74-45-35(62)33(60)31(58)26(19-54)71-45)37(64)46(76-41(40)42(65)66)72-29-11-12-49(4)27(50(29,5)21-55)10-13-52(7)28(49)9-8-23-24-18-48(2,3)14-16-53(24,47(67)68)17-15-51(23,52)6/h8,21-22,24-41,43-46,54,56-64H,9-20H2,1-7H3,(H,65,66)(H,67,68)/t22-,24-,25-,26+,27+,28+,29-,30-,31-,32+,33-,34+,35+,36+,37+,38-,39+,40+,41-,43-,44-,45-,46+,49-,50+,51+,52+,53-/m0/s1. The highest BCUT2D eigenvalue weighted by Gasteiger charge is 2.71. The van der Waals surface area contributed by atoms with Crippen molar-refractivity contribution in [3.63, 3.8) is 0 Å². The van der Waals surface area contributed by atoms with E-state index in [0.717, 1.165) is 32.0 Å². The first kappa shape index (κ1) is 58.3. The molecule has 76 heavy (non-hydrogen) atoms. The number of aldehydes is 1. The minimum atomic E-state index is -2.17. The first-order chi connectivity index (χ1) is 35.5. The van der Waals surface area contributed by atoms with Crippen LogP contribution < -0.4 is 0 Å². The fourth-order valence-corrected chi connectivity index (χ4v) is 16.1. The second-order valence-electron chi connectivity index (χ2n) is 25.5. The molecule has 0 aromatic rings. The highest BCUT2D eigenvalue weighted by atomic mass is 16.8. The number of aliphatic hydroxyl groups excluding tert-OH is 10. The average Bonchev–Trinajstić information content (AvgIpc) is 3.55. The summed E-state index contributed by atoms with van der Waals surface area (Å²) in [5, 5.41) is 130. The molecular weight excluding hydrogens is 1000 g/mol. The lowest BCUT2D eigenvalue weighted by Gasteiger charge is -2.71. The fraction of sp³-hybridized carbons (Fsp3) is 0.906. The van der Waals surface area contributed by atoms with Gasteiger partial charge in [-0.2, -0.15) is 0 Å². The first-order valence-corrected chi connectivity index (χ1v) is 27.1. The summed E-state index contributed by atoms with van der Waals surface area (Å²) in [4.78, 5) is 40.4. The molecular formula is C53H82O23. The van der Waals surface area contributed by atoms with Crippen molar-refractivity contribution in [2.75, 3.05) is 13.2 Å². The topological polar surface area (TPSA) is 368 Å². The molecule has 4 heterocycles. The third-order valence-corrected chi connectivity index (χ3v) is 21.0. The van der Waals surface area contributed by atoms with Gasteiger partial charge < -0.3 is 104 Å². The number of allylic oxidation sites excluding steroid dienone is 2. The van der Waals surface area contributed by atoms with Gasteiger partial charge in [-0.3, -0.25) is 4.79 Å². The predicted molar refractivity (Wildman–Crippen MR) is 257 cm³/mol. The van der Waals surface area contributed by atoms with Crippen molar-refractivity contribution in [2.45, 2.75) is 235 Å². The van der Waals surface area contributed by atoms with Gasteiger partial charge in [0, 0.05) is 0 Å². The lowest BCUT2D eigenvalue weighted by molar-refractivity contribution is -0.389. The molecule has 23 nitrogen and oxygen atoms in total. The molecule has 8 fully saturated rings. The number of carbonyl (C=O) groups excluding carboxylic acids is 1. The summed E-state index contributed by atoms with van der Waals surface area (Å²) in [6.07, 6.45) is -26.3. The number of rotatable bonds is 12. The molecule has 0 bridgehead atoms. The van der Waals surface area contributed by atoms with Gasteiger partial charge in [0.1, 0.15) is 85.6 Å². The summed E-state index contributed by atoms with van der Waals surface area (Å²) < 4.78 is 47.3. The van der Waals surface area contributed by atoms with E-state index in [1.807, 2.05) is 0 Å². The van der Waals surface area contributed by atoms with E-state index >= 15 is 0 Å². The molecule has 28 atom stereocenters. The average molecular weight is 1090 g/mol. The molecule has 4 aliphatic heterocycles. The van der Waals surface area contributed by atoms with E-state index in [4.69, 9.17) is 37.9 Å². The van der Waals surface area contributed by atoms with Crippen LogP contribution in [-0.4, -0.2) is 216 Å². The van der Waals surface area contributed by atoms with Gasteiger partial charge in [0.15, 0.2) is 31.3 Å². The van der Waals surface area contributed by atoms with Gasteiger partial charge in [0.05, 0.1) is 36.3 Å². The quantitative estimate of drug-likeness (QED) is 0.0664. The van der Waals surface area contributed by atoms with Crippen LogP contribution in [0.5, 0.6) is 0 Å². The number of hydrogen-bond donors (Lipinski definition) is 12. The van der Waals surface area contributed by atoms with Crippen molar-refractivity contribution in [1.29, 1.82) is 0 Å². The molecule has 0 amide bonds. The van der Waals surface area contributed by atoms with Crippen LogP contribution in [-0.2, 0) is 52.3 Å². The molecule has 12 N–H and O–H groups in total. The Hall–Kier alpha value is -2.37. The van der Waals surface area contributed by atoms with Crippen molar-refractivity contribution in [2.24, 2.45) is 50.2 Å². The SMILES string of the molecule is C[C@@H]1O[C@@H](O[C@@H]2[C@@H](O)[C@H](O[C@@H]3[C@H](O[C@@H]4O[C@H](CO)[C@H](O)[C@H](O)[C@H]4O)[C@@H](O)[C@H](O[C@H]4CC[C@]5(C)[C@H]6CC=C7[C@@H]8CC(C)(C)CC[C@]8(C(=O)O)CC[C@@]7(C)[C@]6(C)CC[C@H]5[C@@]4(C)C=O)O[C@@H]3C(=O)O)OC[C@@H]2O)[C@H](O)[C@H](O)[C@H]1O. The van der Waals surface area contributed by atoms with E-state index in [2.05, 4.69) is 40.7 Å². The van der Waals surface area contributed by atoms with Gasteiger partial charge in [0.25, 0.3) is 0 Å². The second-order valence-corrected chi connectivity index (χ2v) is 25.5. The number of ether oxygens (including phenoxy) is 8. The van der Waals surface area contributed by atoms with Crippen LogP contribution in [0.3, 0.4) is 0 Å². The molecule has 432 valence electrons. The highest BCUT2D eigenvalue weighted by molar-refractivity contribution is 5.77. The molecule has 5 aliphatic carbocycles. The van der Waals surface area contributed by atoms with E-state index < -0.39 is 164 Å². The number of carbonyl (C=O) groups is 3. The van der Waals surface area contributed by atoms with Crippen LogP contribution in [0.4, 0.5) is 0 Å². The molecule has 23 heteroatoms. The summed E-state index contributed by atoms with van der Waals surface area (Å²) in [6.45, 7) is 13.0. The molecule has 9 rings (SSSR count). The lowest BCUT2D eigenvalue weighted by atomic mass is 9.33. The Labute approximate surface area is 441 Å². The van der Waals surface area contributed by atoms with E-state index in [1.165, 1.54) is 12.5 Å². The maximum absolute atomic E-state index is 13.8. The van der Waals surface area contributed by atoms with Crippen LogP contribution >= 0.6 is 0 Å². The zero-order valence-corrected chi connectivity index (χ0v) is 44.3. The van der Waals surface area contributed by atoms with Gasteiger partial charge in [-0.1, -0.05) is 53.2 Å². The number of fused-ring (bicyclic) bond motifs is 7. The summed E-state index contributed by atoms with van der Waals surface area (Å²) in [5.41, 5.74) is -1.84. The van der Waals surface area contributed by atoms with Crippen LogP contribution in [0.2, 0.25) is 0 Å². The maximum Gasteiger partial charge on any atom is 0.335 e. The smallest absolute Gasteiger partial charge is 0.335 e. The predicted octanol–water partition coefficient (Wildman–Crippen LogP) is -0.532. The monoisotopic (exact) mass is 1090 g/mol. The van der Waals surface area contributed by atoms with Gasteiger partial charge in [0.2, 0.25) is 0 Å². The largest absolute Gasteiger partial charge is 0.481 e. The summed E-state index contributed by atoms with van der Waals surface area (Å²) >= 11 is 0. The van der Waals surface area contributed by atoms with Crippen LogP contribution in [0, 0.1) is 50.2 Å². The third-order valence-electron chi connectivity index (χ3n) is 21.0. The Bertz CT molecular complexity index is 2180. The van der Waals surface area contributed by atoms with Crippen molar-refractivity contribution >= 4 is 18.2 Å². The van der Waals surface area contributed by atoms with Crippen LogP contribution in [0.15, 0.2) is 11.6 Å². The van der Waals surface area contributed by atoms with E-state index in [9.17, 15) is 75.7 Å². The first-order valence-electron chi connectivity index (χ1n) is 27.1. The molecule has 0 spiro atoms. The highest BCUT2D eigenvalue weighted by Crippen LogP contribution is 2.76. The van der Waals surface area contributed by atoms with Crippen LogP contribution in [0.1, 0.15) is 113 Å². The molecule has 0 aromatic carbocycles. The Balaban J connectivity index is 0.990. The van der Waals surface area contributed by atoms with Gasteiger partial charge >= 0.3 is 11.9 Å². The Morgan fingerprint density at radius 1 is 0.658 bits per heavy atom. The number of carboxylic acid groups (broad SMARTS) is 2. The zero-order valence-electron chi connectivity index (χ0n) is 44.3. The van der Waals surface area contributed by atoms with E-state index in [1.54, 1.807) is 6.92 Å². The number of aliphatic hydroxyl groups is 10. The summed E-state index contributed by atoms with van der Waals surface area (Å²) in [5.74, 6) is -2.74. The third kappa shape index (κ3) is 9.24. The Morgan fingerprint density at radius 3 is 1.91 bits per heavy atom. The Morgan fingerprint density at radius 2 is 1.26 bits per heavy atom.